The molecule has 46 heavy (non-hydrogen) atoms. The maximum Gasteiger partial charge on any atom is 0.148 e. The van der Waals surface area contributed by atoms with E-state index in [0.717, 1.165) is 5.75 Å². The Bertz CT molecular complexity index is 1830. The van der Waals surface area contributed by atoms with Gasteiger partial charge in [0.2, 0.25) is 0 Å². The summed E-state index contributed by atoms with van der Waals surface area (Å²) in [6, 6.07) is 35.6. The van der Waals surface area contributed by atoms with Gasteiger partial charge < -0.3 is 4.74 Å². The SMILES string of the molecule is C#CC1(C)c2ccccc2-c2cc3c(cc21)-c1ccccc1C3(C)C#C.C#CCOc1ccc2ccccc2c1.CC.CC.CC. The van der Waals surface area contributed by atoms with E-state index in [1.165, 1.54) is 55.3 Å². The van der Waals surface area contributed by atoms with Crippen molar-refractivity contribution in [1.29, 1.82) is 0 Å². The van der Waals surface area contributed by atoms with E-state index in [2.05, 4.69) is 104 Å². The van der Waals surface area contributed by atoms with Gasteiger partial charge in [-0.2, -0.15) is 0 Å². The average Bonchev–Trinajstić information content (AvgIpc) is 3.54. The van der Waals surface area contributed by atoms with Gasteiger partial charge >= 0.3 is 0 Å². The van der Waals surface area contributed by atoms with Crippen LogP contribution in [-0.4, -0.2) is 6.61 Å². The zero-order valence-corrected chi connectivity index (χ0v) is 28.7. The summed E-state index contributed by atoms with van der Waals surface area (Å²) in [7, 11) is 0. The highest BCUT2D eigenvalue weighted by Gasteiger charge is 2.43. The predicted molar refractivity (Wildman–Crippen MR) is 200 cm³/mol. The van der Waals surface area contributed by atoms with Gasteiger partial charge in [-0.25, -0.2) is 0 Å². The highest BCUT2D eigenvalue weighted by Crippen LogP contribution is 2.55. The Balaban J connectivity index is 0.000000244. The molecule has 2 unspecified atom stereocenters. The Morgan fingerprint density at radius 3 is 1.39 bits per heavy atom. The summed E-state index contributed by atoms with van der Waals surface area (Å²) < 4.78 is 5.33. The van der Waals surface area contributed by atoms with Crippen LogP contribution in [0.4, 0.5) is 0 Å². The lowest BCUT2D eigenvalue weighted by atomic mass is 9.78. The third kappa shape index (κ3) is 6.18. The molecular formula is C45H46O. The van der Waals surface area contributed by atoms with E-state index in [9.17, 15) is 0 Å². The standard InChI is InChI=1S/C26H18.C13H10O.3C2H6/c1-5-25(3)21-13-9-7-11-17(21)19-16-24-20(15-23(19)25)18-12-8-10-14-22(18)26(24,4)6-2;1-2-9-14-13-8-7-11-5-3-4-6-12(11)10-13;3*1-2/h1-2,7-16H,3-4H3;1,3-8,10H,9H2;3*1-2H3. The van der Waals surface area contributed by atoms with Crippen LogP contribution in [0.15, 0.2) is 103 Å². The van der Waals surface area contributed by atoms with Gasteiger partial charge in [0.1, 0.15) is 12.4 Å². The van der Waals surface area contributed by atoms with Gasteiger partial charge in [-0.15, -0.1) is 19.3 Å². The lowest BCUT2D eigenvalue weighted by Crippen LogP contribution is -2.19. The summed E-state index contributed by atoms with van der Waals surface area (Å²) in [5.74, 6) is 9.39. The quantitative estimate of drug-likeness (QED) is 0.183. The Labute approximate surface area is 278 Å². The van der Waals surface area contributed by atoms with Crippen molar-refractivity contribution in [2.45, 2.75) is 66.2 Å². The summed E-state index contributed by atoms with van der Waals surface area (Å²) in [6.45, 7) is 16.6. The molecule has 5 aromatic carbocycles. The molecule has 1 heteroatoms. The number of ether oxygens (including phenoxy) is 1. The van der Waals surface area contributed by atoms with Crippen LogP contribution < -0.4 is 4.74 Å². The Morgan fingerprint density at radius 2 is 0.935 bits per heavy atom. The Kier molecular flexibility index (Phi) is 12.1. The normalized spacial score (nSPS) is 16.9. The van der Waals surface area contributed by atoms with Crippen LogP contribution in [0.25, 0.3) is 33.0 Å². The van der Waals surface area contributed by atoms with E-state index in [1.807, 2.05) is 71.9 Å². The van der Waals surface area contributed by atoms with Crippen LogP contribution in [0.5, 0.6) is 5.75 Å². The molecule has 1 nitrogen and oxygen atoms in total. The first-order chi connectivity index (χ1) is 22.4. The first-order valence-corrected chi connectivity index (χ1v) is 16.3. The fourth-order valence-electron chi connectivity index (χ4n) is 6.16. The fraction of sp³-hybridized carbons (Fsp3) is 0.244. The van der Waals surface area contributed by atoms with Crippen molar-refractivity contribution in [3.05, 3.63) is 125 Å². The lowest BCUT2D eigenvalue weighted by molar-refractivity contribution is 0.371. The molecular weight excluding hydrogens is 556 g/mol. The maximum atomic E-state index is 6.03. The van der Waals surface area contributed by atoms with Crippen molar-refractivity contribution in [1.82, 2.24) is 0 Å². The molecule has 2 aliphatic rings. The lowest BCUT2D eigenvalue weighted by Gasteiger charge is -2.23. The molecule has 0 N–H and O–H groups in total. The average molecular weight is 603 g/mol. The first-order valence-electron chi connectivity index (χ1n) is 16.3. The number of rotatable bonds is 2. The molecule has 232 valence electrons. The second kappa shape index (κ2) is 15.7. The summed E-state index contributed by atoms with van der Waals surface area (Å²) in [5.41, 5.74) is 8.88. The van der Waals surface area contributed by atoms with Crippen molar-refractivity contribution in [3.8, 4) is 65.0 Å². The fourth-order valence-corrected chi connectivity index (χ4v) is 6.16. The third-order valence-corrected chi connectivity index (χ3v) is 8.37. The molecule has 0 amide bonds. The molecule has 0 bridgehead atoms. The van der Waals surface area contributed by atoms with Gasteiger partial charge in [0, 0.05) is 0 Å². The van der Waals surface area contributed by atoms with Crippen molar-refractivity contribution in [2.75, 3.05) is 6.61 Å². The highest BCUT2D eigenvalue weighted by molar-refractivity contribution is 5.91. The van der Waals surface area contributed by atoms with Crippen molar-refractivity contribution in [3.63, 3.8) is 0 Å². The van der Waals surface area contributed by atoms with E-state index in [4.69, 9.17) is 24.0 Å². The second-order valence-electron chi connectivity index (χ2n) is 10.6. The smallest absolute Gasteiger partial charge is 0.148 e. The van der Waals surface area contributed by atoms with Crippen molar-refractivity contribution >= 4 is 10.8 Å². The zero-order chi connectivity index (χ0) is 33.9. The largest absolute Gasteiger partial charge is 0.481 e. The van der Waals surface area contributed by atoms with Crippen LogP contribution >= 0.6 is 0 Å². The van der Waals surface area contributed by atoms with Crippen molar-refractivity contribution < 1.29 is 4.74 Å². The van der Waals surface area contributed by atoms with Crippen LogP contribution in [0.2, 0.25) is 0 Å². The van der Waals surface area contributed by atoms with Crippen LogP contribution in [0.1, 0.15) is 77.6 Å². The molecule has 2 aliphatic carbocycles. The van der Waals surface area contributed by atoms with Gasteiger partial charge in [-0.1, -0.05) is 138 Å². The molecule has 5 aromatic rings. The minimum atomic E-state index is -0.412. The number of hydrogen-bond acceptors (Lipinski definition) is 1. The van der Waals surface area contributed by atoms with Gasteiger partial charge in [-0.05, 0) is 93.4 Å². The summed E-state index contributed by atoms with van der Waals surface area (Å²) in [6.07, 6.45) is 17.2. The van der Waals surface area contributed by atoms with E-state index >= 15 is 0 Å². The predicted octanol–water partition coefficient (Wildman–Crippen LogP) is 11.5. The van der Waals surface area contributed by atoms with Gasteiger partial charge in [0.25, 0.3) is 0 Å². The minimum Gasteiger partial charge on any atom is -0.481 e. The van der Waals surface area contributed by atoms with Gasteiger partial charge in [0.05, 0.1) is 10.8 Å². The molecule has 2 atom stereocenters. The summed E-state index contributed by atoms with van der Waals surface area (Å²) in [4.78, 5) is 0. The Hall–Kier alpha value is -5.16. The number of hydrogen-bond donors (Lipinski definition) is 0. The molecule has 0 heterocycles. The van der Waals surface area contributed by atoms with Gasteiger partial charge in [-0.3, -0.25) is 0 Å². The molecule has 7 rings (SSSR count). The number of fused-ring (bicyclic) bond motifs is 7. The Morgan fingerprint density at radius 1 is 0.500 bits per heavy atom. The summed E-state index contributed by atoms with van der Waals surface area (Å²) >= 11 is 0. The minimum absolute atomic E-state index is 0.318. The molecule has 0 aliphatic heterocycles. The molecule has 0 aromatic heterocycles. The topological polar surface area (TPSA) is 9.23 Å². The molecule has 0 radical (unpaired) electrons. The molecule has 0 saturated heterocycles. The monoisotopic (exact) mass is 602 g/mol. The third-order valence-electron chi connectivity index (χ3n) is 8.37. The van der Waals surface area contributed by atoms with Gasteiger partial charge in [0.15, 0.2) is 0 Å². The zero-order valence-electron chi connectivity index (χ0n) is 28.7. The van der Waals surface area contributed by atoms with Crippen molar-refractivity contribution in [2.24, 2.45) is 0 Å². The maximum absolute atomic E-state index is 6.03. The first kappa shape index (κ1) is 35.3. The number of terminal acetylenes is 3. The molecule has 0 fully saturated rings. The van der Waals surface area contributed by atoms with Crippen LogP contribution in [-0.2, 0) is 10.8 Å². The van der Waals surface area contributed by atoms with E-state index in [0.29, 0.717) is 6.61 Å². The van der Waals surface area contributed by atoms with E-state index in [-0.39, 0.29) is 0 Å². The summed E-state index contributed by atoms with van der Waals surface area (Å²) in [5, 5.41) is 2.38. The highest BCUT2D eigenvalue weighted by atomic mass is 16.5. The van der Waals surface area contributed by atoms with E-state index < -0.39 is 10.8 Å². The molecule has 0 saturated carbocycles. The van der Waals surface area contributed by atoms with E-state index in [1.54, 1.807) is 0 Å². The number of benzene rings is 5. The molecule has 0 spiro atoms. The van der Waals surface area contributed by atoms with Crippen LogP contribution in [0.3, 0.4) is 0 Å². The second-order valence-corrected chi connectivity index (χ2v) is 10.6. The van der Waals surface area contributed by atoms with Crippen LogP contribution in [0, 0.1) is 37.0 Å².